The molecule has 0 radical (unpaired) electrons. The lowest BCUT2D eigenvalue weighted by Crippen LogP contribution is -2.47. The van der Waals surface area contributed by atoms with E-state index in [0.717, 1.165) is 62.8 Å². The van der Waals surface area contributed by atoms with E-state index in [1.165, 1.54) is 5.56 Å². The van der Waals surface area contributed by atoms with Gasteiger partial charge in [-0.15, -0.1) is 0 Å². The monoisotopic (exact) mass is 407 g/mol. The summed E-state index contributed by atoms with van der Waals surface area (Å²) < 4.78 is 11.9. The number of nitrogens with zero attached hydrogens (tertiary/aromatic N) is 1. The van der Waals surface area contributed by atoms with E-state index in [0.29, 0.717) is 6.54 Å². The van der Waals surface area contributed by atoms with Crippen molar-refractivity contribution in [1.29, 1.82) is 0 Å². The normalized spacial score (nSPS) is 17.8. The SMILES string of the molecule is CCNC(=NCc1ccc(C)cc1OC(C)CC)NCC1(SC)CCOCC1. The maximum atomic E-state index is 6.13. The minimum Gasteiger partial charge on any atom is -0.490 e. The summed E-state index contributed by atoms with van der Waals surface area (Å²) in [5.41, 5.74) is 2.33. The number of ether oxygens (including phenoxy) is 2. The molecule has 6 heteroatoms. The van der Waals surface area contributed by atoms with Crippen molar-refractivity contribution in [3.63, 3.8) is 0 Å². The maximum absolute atomic E-state index is 6.13. The third-order valence-corrected chi connectivity index (χ3v) is 6.71. The Kier molecular flexibility index (Phi) is 9.45. The van der Waals surface area contributed by atoms with Crippen LogP contribution in [0.15, 0.2) is 23.2 Å². The van der Waals surface area contributed by atoms with Crippen molar-refractivity contribution in [2.24, 2.45) is 4.99 Å². The van der Waals surface area contributed by atoms with Gasteiger partial charge in [0, 0.05) is 36.6 Å². The Morgan fingerprint density at radius 1 is 1.29 bits per heavy atom. The summed E-state index contributed by atoms with van der Waals surface area (Å²) in [4.78, 5) is 4.83. The van der Waals surface area contributed by atoms with Gasteiger partial charge in [-0.05, 0) is 57.9 Å². The second-order valence-corrected chi connectivity index (χ2v) is 8.77. The van der Waals surface area contributed by atoms with Crippen LogP contribution in [0.25, 0.3) is 0 Å². The first-order valence-electron chi connectivity index (χ1n) is 10.4. The molecule has 1 aromatic carbocycles. The molecule has 0 amide bonds. The molecule has 5 nitrogen and oxygen atoms in total. The molecule has 0 bridgehead atoms. The molecule has 28 heavy (non-hydrogen) atoms. The molecule has 0 aromatic heterocycles. The summed E-state index contributed by atoms with van der Waals surface area (Å²) in [5, 5.41) is 6.93. The highest BCUT2D eigenvalue weighted by atomic mass is 32.2. The average Bonchev–Trinajstić information content (AvgIpc) is 2.71. The van der Waals surface area contributed by atoms with Crippen LogP contribution < -0.4 is 15.4 Å². The van der Waals surface area contributed by atoms with Gasteiger partial charge in [-0.3, -0.25) is 0 Å². The lowest BCUT2D eigenvalue weighted by Gasteiger charge is -2.36. The minimum atomic E-state index is 0.200. The van der Waals surface area contributed by atoms with E-state index in [1.54, 1.807) is 0 Å². The van der Waals surface area contributed by atoms with Gasteiger partial charge in [0.1, 0.15) is 5.75 Å². The molecule has 1 atom stereocenters. The molecule has 1 heterocycles. The number of aliphatic imine (C=N–C) groups is 1. The number of nitrogens with one attached hydrogen (secondary N) is 2. The van der Waals surface area contributed by atoms with Crippen molar-refractivity contribution in [2.45, 2.75) is 64.4 Å². The second kappa shape index (κ2) is 11.6. The summed E-state index contributed by atoms with van der Waals surface area (Å²) in [6.45, 7) is 12.5. The smallest absolute Gasteiger partial charge is 0.191 e. The zero-order valence-electron chi connectivity index (χ0n) is 18.1. The molecule has 1 aromatic rings. The Bertz CT molecular complexity index is 630. The number of guanidine groups is 1. The Labute approximate surface area is 175 Å². The quantitative estimate of drug-likeness (QED) is 0.476. The van der Waals surface area contributed by atoms with Gasteiger partial charge < -0.3 is 20.1 Å². The summed E-state index contributed by atoms with van der Waals surface area (Å²) in [6.07, 6.45) is 5.53. The van der Waals surface area contributed by atoms with Gasteiger partial charge in [-0.2, -0.15) is 11.8 Å². The highest BCUT2D eigenvalue weighted by molar-refractivity contribution is 8.00. The number of rotatable bonds is 9. The fraction of sp³-hybridized carbons (Fsp3) is 0.682. The van der Waals surface area contributed by atoms with Crippen LogP contribution in [-0.2, 0) is 11.3 Å². The van der Waals surface area contributed by atoms with Gasteiger partial charge in [-0.25, -0.2) is 4.99 Å². The van der Waals surface area contributed by atoms with Crippen molar-refractivity contribution in [3.05, 3.63) is 29.3 Å². The second-order valence-electron chi connectivity index (χ2n) is 7.50. The van der Waals surface area contributed by atoms with E-state index < -0.39 is 0 Å². The van der Waals surface area contributed by atoms with Gasteiger partial charge in [0.2, 0.25) is 0 Å². The zero-order valence-corrected chi connectivity index (χ0v) is 19.0. The Morgan fingerprint density at radius 2 is 2.04 bits per heavy atom. The van der Waals surface area contributed by atoms with E-state index in [-0.39, 0.29) is 10.9 Å². The highest BCUT2D eigenvalue weighted by Crippen LogP contribution is 2.33. The standard InChI is InChI=1S/C22H37N3O2S/c1-6-18(4)27-20-14-17(3)8-9-19(20)15-24-21(23-7-2)25-16-22(28-5)10-12-26-13-11-22/h8-9,14,18H,6-7,10-13,15-16H2,1-5H3,(H2,23,24,25). The predicted molar refractivity (Wildman–Crippen MR) is 121 cm³/mol. The first-order valence-corrected chi connectivity index (χ1v) is 11.7. The molecule has 1 aliphatic heterocycles. The number of hydrogen-bond acceptors (Lipinski definition) is 4. The highest BCUT2D eigenvalue weighted by Gasteiger charge is 2.31. The van der Waals surface area contributed by atoms with E-state index in [4.69, 9.17) is 14.5 Å². The van der Waals surface area contributed by atoms with E-state index in [9.17, 15) is 0 Å². The first kappa shape index (κ1) is 22.9. The zero-order chi connectivity index (χ0) is 20.4. The van der Waals surface area contributed by atoms with E-state index in [1.807, 2.05) is 11.8 Å². The maximum Gasteiger partial charge on any atom is 0.191 e. The molecule has 1 fully saturated rings. The van der Waals surface area contributed by atoms with Gasteiger partial charge in [0.05, 0.1) is 12.6 Å². The van der Waals surface area contributed by atoms with Crippen LogP contribution in [0, 0.1) is 6.92 Å². The fourth-order valence-electron chi connectivity index (χ4n) is 3.15. The summed E-state index contributed by atoms with van der Waals surface area (Å²) in [6, 6.07) is 6.36. The molecule has 0 aliphatic carbocycles. The summed E-state index contributed by atoms with van der Waals surface area (Å²) >= 11 is 1.94. The predicted octanol–water partition coefficient (Wildman–Crippen LogP) is 4.14. The third-order valence-electron chi connectivity index (χ3n) is 5.29. The molecular weight excluding hydrogens is 370 g/mol. The van der Waals surface area contributed by atoms with E-state index >= 15 is 0 Å². The fourth-order valence-corrected chi connectivity index (χ4v) is 3.94. The van der Waals surface area contributed by atoms with Crippen molar-refractivity contribution in [3.8, 4) is 5.75 Å². The minimum absolute atomic E-state index is 0.200. The van der Waals surface area contributed by atoms with Crippen LogP contribution in [0.3, 0.4) is 0 Å². The van der Waals surface area contributed by atoms with Gasteiger partial charge in [0.25, 0.3) is 0 Å². The number of benzene rings is 1. The first-order chi connectivity index (χ1) is 13.5. The van der Waals surface area contributed by atoms with Gasteiger partial charge in [0.15, 0.2) is 5.96 Å². The molecule has 1 saturated heterocycles. The largest absolute Gasteiger partial charge is 0.490 e. The molecule has 2 rings (SSSR count). The van der Waals surface area contributed by atoms with Crippen LogP contribution >= 0.6 is 11.8 Å². The van der Waals surface area contributed by atoms with E-state index in [2.05, 4.69) is 62.8 Å². The van der Waals surface area contributed by atoms with Crippen LogP contribution in [0.5, 0.6) is 5.75 Å². The van der Waals surface area contributed by atoms with Crippen molar-refractivity contribution in [2.75, 3.05) is 32.6 Å². The molecule has 1 aliphatic rings. The van der Waals surface area contributed by atoms with Gasteiger partial charge in [-0.1, -0.05) is 19.1 Å². The average molecular weight is 408 g/mol. The Hall–Kier alpha value is -1.40. The number of aryl methyl sites for hydroxylation is 1. The van der Waals surface area contributed by atoms with Gasteiger partial charge >= 0.3 is 0 Å². The van der Waals surface area contributed by atoms with Crippen LogP contribution in [0.1, 0.15) is 51.2 Å². The number of thioether (sulfide) groups is 1. The third kappa shape index (κ3) is 6.89. The Balaban J connectivity index is 2.07. The molecule has 2 N–H and O–H groups in total. The lowest BCUT2D eigenvalue weighted by molar-refractivity contribution is 0.0783. The van der Waals surface area contributed by atoms with Crippen LogP contribution in [0.2, 0.25) is 0 Å². The summed E-state index contributed by atoms with van der Waals surface area (Å²) in [5.74, 6) is 1.80. The molecular formula is C22H37N3O2S. The Morgan fingerprint density at radius 3 is 2.68 bits per heavy atom. The summed E-state index contributed by atoms with van der Waals surface area (Å²) in [7, 11) is 0. The molecule has 158 valence electrons. The molecule has 0 spiro atoms. The van der Waals surface area contributed by atoms with Crippen LogP contribution in [0.4, 0.5) is 0 Å². The van der Waals surface area contributed by atoms with Crippen LogP contribution in [-0.4, -0.2) is 49.4 Å². The van der Waals surface area contributed by atoms with Crippen molar-refractivity contribution >= 4 is 17.7 Å². The molecule has 0 saturated carbocycles. The lowest BCUT2D eigenvalue weighted by atomic mass is 9.99. The number of hydrogen-bond donors (Lipinski definition) is 2. The molecule has 1 unspecified atom stereocenters. The van der Waals surface area contributed by atoms with Crippen molar-refractivity contribution < 1.29 is 9.47 Å². The topological polar surface area (TPSA) is 54.9 Å². The van der Waals surface area contributed by atoms with Crippen molar-refractivity contribution in [1.82, 2.24) is 10.6 Å².